The average Bonchev–Trinajstić information content (AvgIpc) is 3.33. The Bertz CT molecular complexity index is 1640. The van der Waals surface area contributed by atoms with Gasteiger partial charge in [-0.1, -0.05) is 29.5 Å². The molecule has 0 spiro atoms. The third-order valence-electron chi connectivity index (χ3n) is 7.08. The Hall–Kier alpha value is -2.99. The molecule has 0 unspecified atom stereocenters. The molecule has 0 bridgehead atoms. The number of hydrogen-bond donors (Lipinski definition) is 0. The second-order valence-electron chi connectivity index (χ2n) is 9.49. The van der Waals surface area contributed by atoms with Gasteiger partial charge >= 0.3 is 0 Å². The van der Waals surface area contributed by atoms with Gasteiger partial charge in [-0.2, -0.15) is 13.9 Å². The van der Waals surface area contributed by atoms with Gasteiger partial charge in [0.15, 0.2) is 5.01 Å². The molecule has 8 nitrogen and oxygen atoms in total. The molecule has 3 heterocycles. The van der Waals surface area contributed by atoms with Crippen LogP contribution in [0.15, 0.2) is 58.2 Å². The lowest BCUT2D eigenvalue weighted by molar-refractivity contribution is 0.180. The maximum atomic E-state index is 14.2. The molecule has 11 heteroatoms. The van der Waals surface area contributed by atoms with Crippen LogP contribution < -0.4 is 5.56 Å². The van der Waals surface area contributed by atoms with E-state index < -0.39 is 15.8 Å². The van der Waals surface area contributed by atoms with E-state index in [1.54, 1.807) is 28.6 Å². The topological polar surface area (TPSA) is 87.9 Å². The van der Waals surface area contributed by atoms with Gasteiger partial charge in [-0.05, 0) is 61.1 Å². The lowest BCUT2D eigenvalue weighted by atomic mass is 9.92. The predicted molar refractivity (Wildman–Crippen MR) is 140 cm³/mol. The van der Waals surface area contributed by atoms with E-state index in [9.17, 15) is 17.6 Å². The summed E-state index contributed by atoms with van der Waals surface area (Å²) in [4.78, 5) is 20.1. The molecule has 1 fully saturated rings. The average molecular weight is 540 g/mol. The number of sulfonamides is 1. The summed E-state index contributed by atoms with van der Waals surface area (Å²) in [7, 11) is -3.55. The van der Waals surface area contributed by atoms with Gasteiger partial charge in [-0.3, -0.25) is 9.69 Å². The number of halogens is 1. The lowest BCUT2D eigenvalue weighted by Gasteiger charge is -2.33. The van der Waals surface area contributed by atoms with E-state index >= 15 is 0 Å². The molecular weight excluding hydrogens is 513 g/mol. The Morgan fingerprint density at radius 1 is 0.946 bits per heavy atom. The number of rotatable bonds is 5. The van der Waals surface area contributed by atoms with Gasteiger partial charge < -0.3 is 0 Å². The van der Waals surface area contributed by atoms with Gasteiger partial charge in [0.2, 0.25) is 15.0 Å². The third-order valence-corrected chi connectivity index (χ3v) is 9.91. The van der Waals surface area contributed by atoms with Crippen LogP contribution in [0.3, 0.4) is 0 Å². The summed E-state index contributed by atoms with van der Waals surface area (Å²) in [5.74, 6) is -0.405. The van der Waals surface area contributed by atoms with Crippen LogP contribution in [0, 0.1) is 5.82 Å². The standard InChI is InChI=1S/C26H26FN5O3S2/c27-23-8-4-3-7-22(23)25-29-32-24(33)16-20(28-26(32)36-25)17-30-11-13-31(14-12-30)37(34,35)21-10-9-18-5-1-2-6-19(18)15-21/h3-4,7-10,15-16H,1-2,5-6,11-14,17H2. The molecule has 1 saturated heterocycles. The van der Waals surface area contributed by atoms with E-state index in [0.717, 1.165) is 42.6 Å². The quantitative estimate of drug-likeness (QED) is 0.387. The minimum absolute atomic E-state index is 0.326. The van der Waals surface area contributed by atoms with E-state index in [1.165, 1.54) is 22.2 Å². The van der Waals surface area contributed by atoms with Gasteiger partial charge in [0, 0.05) is 44.4 Å². The van der Waals surface area contributed by atoms with Gasteiger partial charge in [0.25, 0.3) is 5.56 Å². The van der Waals surface area contributed by atoms with Crippen molar-refractivity contribution < 1.29 is 12.8 Å². The highest BCUT2D eigenvalue weighted by Gasteiger charge is 2.29. The second kappa shape index (κ2) is 9.71. The van der Waals surface area contributed by atoms with Gasteiger partial charge in [0.1, 0.15) is 5.82 Å². The molecule has 0 amide bonds. The van der Waals surface area contributed by atoms with Crippen molar-refractivity contribution in [3.8, 4) is 10.6 Å². The first-order valence-electron chi connectivity index (χ1n) is 12.4. The summed E-state index contributed by atoms with van der Waals surface area (Å²) in [5, 5.41) is 4.65. The van der Waals surface area contributed by atoms with Crippen LogP contribution in [0.25, 0.3) is 15.5 Å². The Balaban J connectivity index is 1.15. The monoisotopic (exact) mass is 539 g/mol. The molecule has 4 aromatic rings. The van der Waals surface area contributed by atoms with Crippen molar-refractivity contribution in [2.75, 3.05) is 26.2 Å². The summed E-state index contributed by atoms with van der Waals surface area (Å²) in [6.45, 7) is 2.24. The Kier molecular flexibility index (Phi) is 6.39. The molecule has 6 rings (SSSR count). The number of nitrogens with zero attached hydrogens (tertiary/aromatic N) is 5. The van der Waals surface area contributed by atoms with E-state index in [2.05, 4.69) is 15.0 Å². The molecule has 0 radical (unpaired) electrons. The molecule has 1 aliphatic carbocycles. The number of aromatic nitrogens is 3. The minimum atomic E-state index is -3.55. The van der Waals surface area contributed by atoms with Crippen molar-refractivity contribution in [2.24, 2.45) is 0 Å². The molecule has 0 saturated carbocycles. The Morgan fingerprint density at radius 2 is 1.70 bits per heavy atom. The highest BCUT2D eigenvalue weighted by molar-refractivity contribution is 7.89. The van der Waals surface area contributed by atoms with Gasteiger partial charge in [-0.25, -0.2) is 17.8 Å². The SMILES string of the molecule is O=c1cc(CN2CCN(S(=O)(=O)c3ccc4c(c3)CCCC4)CC2)nc2sc(-c3ccccc3F)nn12. The molecule has 37 heavy (non-hydrogen) atoms. The fraction of sp³-hybridized carbons (Fsp3) is 0.346. The molecule has 2 aromatic heterocycles. The van der Waals surface area contributed by atoms with Crippen LogP contribution >= 0.6 is 11.3 Å². The third kappa shape index (κ3) is 4.72. The highest BCUT2D eigenvalue weighted by Crippen LogP contribution is 2.28. The minimum Gasteiger partial charge on any atom is -0.295 e. The largest absolute Gasteiger partial charge is 0.295 e. The summed E-state index contributed by atoms with van der Waals surface area (Å²) >= 11 is 1.16. The fourth-order valence-electron chi connectivity index (χ4n) is 5.06. The zero-order valence-corrected chi connectivity index (χ0v) is 21.8. The van der Waals surface area contributed by atoms with Crippen molar-refractivity contribution in [1.82, 2.24) is 23.8 Å². The molecule has 2 aromatic carbocycles. The summed E-state index contributed by atoms with van der Waals surface area (Å²) in [6, 6.07) is 13.3. The van der Waals surface area contributed by atoms with Gasteiger partial charge in [-0.15, -0.1) is 0 Å². The lowest BCUT2D eigenvalue weighted by Crippen LogP contribution is -2.48. The van der Waals surface area contributed by atoms with Crippen LogP contribution in [0.2, 0.25) is 0 Å². The van der Waals surface area contributed by atoms with Crippen molar-refractivity contribution in [3.63, 3.8) is 0 Å². The Labute approximate surface area is 218 Å². The molecular formula is C26H26FN5O3S2. The number of benzene rings is 2. The first-order chi connectivity index (χ1) is 17.9. The van der Waals surface area contributed by atoms with Gasteiger partial charge in [0.05, 0.1) is 10.6 Å². The van der Waals surface area contributed by atoms with Crippen LogP contribution in [0.1, 0.15) is 29.7 Å². The summed E-state index contributed by atoms with van der Waals surface area (Å²) < 4.78 is 43.5. The van der Waals surface area contributed by atoms with Crippen molar-refractivity contribution in [1.29, 1.82) is 0 Å². The molecule has 0 N–H and O–H groups in total. The number of piperazine rings is 1. The zero-order valence-electron chi connectivity index (χ0n) is 20.1. The zero-order chi connectivity index (χ0) is 25.6. The number of aryl methyl sites for hydroxylation is 2. The van der Waals surface area contributed by atoms with E-state index in [-0.39, 0.29) is 5.56 Å². The summed E-state index contributed by atoms with van der Waals surface area (Å²) in [5.41, 5.74) is 3.00. The molecule has 192 valence electrons. The highest BCUT2D eigenvalue weighted by atomic mass is 32.2. The molecule has 1 aliphatic heterocycles. The molecule has 0 atom stereocenters. The van der Waals surface area contributed by atoms with E-state index in [4.69, 9.17) is 0 Å². The fourth-order valence-corrected chi connectivity index (χ4v) is 7.48. The molecule has 2 aliphatic rings. The van der Waals surface area contributed by atoms with Crippen LogP contribution in [0.4, 0.5) is 4.39 Å². The van der Waals surface area contributed by atoms with Crippen molar-refractivity contribution >= 4 is 26.3 Å². The van der Waals surface area contributed by atoms with Crippen LogP contribution in [0.5, 0.6) is 0 Å². The Morgan fingerprint density at radius 3 is 2.49 bits per heavy atom. The normalized spacial score (nSPS) is 17.2. The number of fused-ring (bicyclic) bond motifs is 2. The van der Waals surface area contributed by atoms with Crippen molar-refractivity contribution in [2.45, 2.75) is 37.1 Å². The van der Waals surface area contributed by atoms with Crippen LogP contribution in [-0.2, 0) is 29.4 Å². The first-order valence-corrected chi connectivity index (χ1v) is 14.6. The summed E-state index contributed by atoms with van der Waals surface area (Å²) in [6.07, 6.45) is 4.21. The predicted octanol–water partition coefficient (Wildman–Crippen LogP) is 3.34. The van der Waals surface area contributed by atoms with Crippen LogP contribution in [-0.4, -0.2) is 58.4 Å². The smallest absolute Gasteiger partial charge is 0.275 e. The number of hydrogen-bond acceptors (Lipinski definition) is 7. The second-order valence-corrected chi connectivity index (χ2v) is 12.4. The van der Waals surface area contributed by atoms with E-state index in [0.29, 0.717) is 58.8 Å². The maximum absolute atomic E-state index is 14.2. The van der Waals surface area contributed by atoms with Crippen molar-refractivity contribution in [3.05, 3.63) is 81.5 Å². The van der Waals surface area contributed by atoms with E-state index in [1.807, 2.05) is 12.1 Å². The first kappa shape index (κ1) is 24.4. The maximum Gasteiger partial charge on any atom is 0.275 e.